The second-order valence-electron chi connectivity index (χ2n) is 4.62. The first-order valence-electron chi connectivity index (χ1n) is 6.40. The highest BCUT2D eigenvalue weighted by atomic mass is 16.5. The molecule has 0 saturated carbocycles. The van der Waals surface area contributed by atoms with Crippen molar-refractivity contribution < 1.29 is 9.53 Å². The van der Waals surface area contributed by atoms with Crippen molar-refractivity contribution in [2.24, 2.45) is 0 Å². The summed E-state index contributed by atoms with van der Waals surface area (Å²) in [4.78, 5) is 11.3. The molecule has 1 fully saturated rings. The monoisotopic (exact) mass is 253 g/mol. The molecule has 3 heteroatoms. The van der Waals surface area contributed by atoms with E-state index in [0.29, 0.717) is 19.6 Å². The number of benzene rings is 2. The van der Waals surface area contributed by atoms with Gasteiger partial charge in [0, 0.05) is 19.2 Å². The predicted molar refractivity (Wildman–Crippen MR) is 74.4 cm³/mol. The first kappa shape index (κ1) is 11.8. The number of cyclic esters (lactones) is 1. The van der Waals surface area contributed by atoms with Crippen LogP contribution in [0.5, 0.6) is 0 Å². The van der Waals surface area contributed by atoms with Gasteiger partial charge >= 0.3 is 5.97 Å². The van der Waals surface area contributed by atoms with Gasteiger partial charge in [-0.05, 0) is 22.4 Å². The molecule has 0 spiro atoms. The maximum Gasteiger partial charge on any atom is 0.335 e. The van der Waals surface area contributed by atoms with Crippen LogP contribution in [0.15, 0.2) is 54.2 Å². The highest BCUT2D eigenvalue weighted by Gasteiger charge is 2.17. The van der Waals surface area contributed by atoms with Crippen LogP contribution in [0.4, 0.5) is 0 Å². The molecule has 0 atom stereocenters. The molecule has 19 heavy (non-hydrogen) atoms. The van der Waals surface area contributed by atoms with Crippen LogP contribution in [-0.4, -0.2) is 12.6 Å². The van der Waals surface area contributed by atoms with Gasteiger partial charge in [0.05, 0.1) is 12.2 Å². The van der Waals surface area contributed by atoms with Gasteiger partial charge in [-0.2, -0.15) is 0 Å². The number of fused-ring (bicyclic) bond motifs is 1. The maximum absolute atomic E-state index is 11.3. The molecular weight excluding hydrogens is 238 g/mol. The molecule has 3 nitrogen and oxygen atoms in total. The molecule has 0 aliphatic carbocycles. The summed E-state index contributed by atoms with van der Waals surface area (Å²) in [5.41, 5.74) is 1.92. The van der Waals surface area contributed by atoms with E-state index in [9.17, 15) is 4.79 Å². The molecule has 0 aromatic heterocycles. The van der Waals surface area contributed by atoms with Crippen LogP contribution in [0.3, 0.4) is 0 Å². The number of esters is 1. The first-order valence-corrected chi connectivity index (χ1v) is 6.40. The average molecular weight is 253 g/mol. The Hall–Kier alpha value is -2.29. The van der Waals surface area contributed by atoms with Gasteiger partial charge < -0.3 is 10.1 Å². The Balaban J connectivity index is 1.70. The molecule has 1 aliphatic rings. The van der Waals surface area contributed by atoms with E-state index in [1.54, 1.807) is 6.20 Å². The van der Waals surface area contributed by atoms with Gasteiger partial charge in [0.1, 0.15) is 0 Å². The summed E-state index contributed by atoms with van der Waals surface area (Å²) >= 11 is 0. The second-order valence-corrected chi connectivity index (χ2v) is 4.62. The van der Waals surface area contributed by atoms with E-state index in [2.05, 4.69) is 35.6 Å². The van der Waals surface area contributed by atoms with Crippen molar-refractivity contribution >= 4 is 16.7 Å². The summed E-state index contributed by atoms with van der Waals surface area (Å²) in [6, 6.07) is 14.7. The van der Waals surface area contributed by atoms with Gasteiger partial charge in [0.2, 0.25) is 0 Å². The van der Waals surface area contributed by atoms with Crippen molar-refractivity contribution in [2.45, 2.75) is 13.0 Å². The third-order valence-electron chi connectivity index (χ3n) is 3.26. The Morgan fingerprint density at radius 2 is 2.00 bits per heavy atom. The molecule has 0 unspecified atom stereocenters. The summed E-state index contributed by atoms with van der Waals surface area (Å²) in [6.07, 6.45) is 2.47. The minimum absolute atomic E-state index is 0.203. The highest BCUT2D eigenvalue weighted by molar-refractivity contribution is 5.90. The van der Waals surface area contributed by atoms with E-state index in [0.717, 1.165) is 5.57 Å². The van der Waals surface area contributed by atoms with Gasteiger partial charge in [-0.1, -0.05) is 36.4 Å². The summed E-state index contributed by atoms with van der Waals surface area (Å²) < 4.78 is 4.88. The van der Waals surface area contributed by atoms with Crippen LogP contribution in [0, 0.1) is 0 Å². The van der Waals surface area contributed by atoms with Crippen LogP contribution in [0.1, 0.15) is 12.0 Å². The molecule has 1 heterocycles. The Morgan fingerprint density at radius 3 is 2.79 bits per heavy atom. The molecule has 2 aromatic carbocycles. The van der Waals surface area contributed by atoms with Crippen LogP contribution in [-0.2, 0) is 16.1 Å². The molecule has 0 bridgehead atoms. The molecule has 1 N–H and O–H groups in total. The number of hydrogen-bond donors (Lipinski definition) is 1. The van der Waals surface area contributed by atoms with E-state index in [-0.39, 0.29) is 5.97 Å². The van der Waals surface area contributed by atoms with Crippen LogP contribution in [0.2, 0.25) is 0 Å². The van der Waals surface area contributed by atoms with Gasteiger partial charge in [0.25, 0.3) is 0 Å². The van der Waals surface area contributed by atoms with E-state index in [1.807, 2.05) is 12.1 Å². The van der Waals surface area contributed by atoms with E-state index >= 15 is 0 Å². The molecule has 0 radical (unpaired) electrons. The van der Waals surface area contributed by atoms with Crippen molar-refractivity contribution in [2.75, 3.05) is 6.61 Å². The van der Waals surface area contributed by atoms with Gasteiger partial charge in [-0.3, -0.25) is 0 Å². The zero-order valence-corrected chi connectivity index (χ0v) is 10.6. The normalized spacial score (nSPS) is 16.8. The van der Waals surface area contributed by atoms with E-state index in [4.69, 9.17) is 4.74 Å². The quantitative estimate of drug-likeness (QED) is 0.675. The highest BCUT2D eigenvalue weighted by Crippen LogP contribution is 2.16. The van der Waals surface area contributed by atoms with Crippen molar-refractivity contribution in [3.63, 3.8) is 0 Å². The molecule has 3 rings (SSSR count). The number of nitrogens with one attached hydrogen (secondary N) is 1. The fraction of sp³-hybridized carbons (Fsp3) is 0.188. The van der Waals surface area contributed by atoms with Crippen LogP contribution < -0.4 is 5.32 Å². The molecule has 1 aliphatic heterocycles. The summed E-state index contributed by atoms with van der Waals surface area (Å²) in [6.45, 7) is 1.21. The summed E-state index contributed by atoms with van der Waals surface area (Å²) in [5, 5.41) is 5.65. The zero-order valence-electron chi connectivity index (χ0n) is 10.6. The minimum atomic E-state index is -0.203. The van der Waals surface area contributed by atoms with Crippen molar-refractivity contribution in [3.8, 4) is 0 Å². The van der Waals surface area contributed by atoms with Crippen LogP contribution >= 0.6 is 0 Å². The minimum Gasteiger partial charge on any atom is -0.462 e. The lowest BCUT2D eigenvalue weighted by Gasteiger charge is -2.04. The summed E-state index contributed by atoms with van der Waals surface area (Å²) in [7, 11) is 0. The topological polar surface area (TPSA) is 38.3 Å². The largest absolute Gasteiger partial charge is 0.462 e. The molecule has 1 saturated heterocycles. The Kier molecular flexibility index (Phi) is 3.19. The standard InChI is InChI=1S/C16H15NO2/c18-16-15(7-8-19-16)11-17-10-12-5-6-13-3-1-2-4-14(13)9-12/h1-6,9,11,17H,7-8,10H2. The first-order chi connectivity index (χ1) is 9.33. The average Bonchev–Trinajstić information content (AvgIpc) is 2.84. The predicted octanol–water partition coefficient (Wildman–Crippen LogP) is 2.76. The summed E-state index contributed by atoms with van der Waals surface area (Å²) in [5.74, 6) is -0.203. The van der Waals surface area contributed by atoms with Gasteiger partial charge in [-0.25, -0.2) is 4.79 Å². The third-order valence-corrected chi connectivity index (χ3v) is 3.26. The molecular formula is C16H15NO2. The molecule has 2 aromatic rings. The fourth-order valence-corrected chi connectivity index (χ4v) is 2.22. The number of rotatable bonds is 3. The Labute approximate surface area is 111 Å². The van der Waals surface area contributed by atoms with Crippen molar-refractivity contribution in [3.05, 3.63) is 59.8 Å². The van der Waals surface area contributed by atoms with E-state index in [1.165, 1.54) is 16.3 Å². The second kappa shape index (κ2) is 5.14. The van der Waals surface area contributed by atoms with Crippen molar-refractivity contribution in [1.29, 1.82) is 0 Å². The zero-order chi connectivity index (χ0) is 13.1. The lowest BCUT2D eigenvalue weighted by molar-refractivity contribution is -0.135. The lowest BCUT2D eigenvalue weighted by atomic mass is 10.1. The van der Waals surface area contributed by atoms with Gasteiger partial charge in [0.15, 0.2) is 0 Å². The lowest BCUT2D eigenvalue weighted by Crippen LogP contribution is -2.07. The molecule has 0 amide bonds. The SMILES string of the molecule is O=C1OCCC1=CNCc1ccc2ccccc2c1. The van der Waals surface area contributed by atoms with Crippen molar-refractivity contribution in [1.82, 2.24) is 5.32 Å². The number of carbonyl (C=O) groups excluding carboxylic acids is 1. The smallest absolute Gasteiger partial charge is 0.335 e. The maximum atomic E-state index is 11.3. The molecule has 96 valence electrons. The Morgan fingerprint density at radius 1 is 1.16 bits per heavy atom. The number of carbonyl (C=O) groups is 1. The van der Waals surface area contributed by atoms with E-state index < -0.39 is 0 Å². The third kappa shape index (κ3) is 2.60. The van der Waals surface area contributed by atoms with Gasteiger partial charge in [-0.15, -0.1) is 0 Å². The van der Waals surface area contributed by atoms with Crippen LogP contribution in [0.25, 0.3) is 10.8 Å². The fourth-order valence-electron chi connectivity index (χ4n) is 2.22. The number of ether oxygens (including phenoxy) is 1. The Bertz CT molecular complexity index is 646. The number of hydrogen-bond acceptors (Lipinski definition) is 3.